The highest BCUT2D eigenvalue weighted by Crippen LogP contribution is 2.34. The maximum absolute atomic E-state index is 14.6. The summed E-state index contributed by atoms with van der Waals surface area (Å²) in [5.41, 5.74) is 8.00. The van der Waals surface area contributed by atoms with Crippen molar-refractivity contribution in [3.05, 3.63) is 104 Å². The summed E-state index contributed by atoms with van der Waals surface area (Å²) in [6, 6.07) is 10.3. The molecular weight excluding hydrogens is 684 g/mol. The second kappa shape index (κ2) is 15.3. The Morgan fingerprint density at radius 2 is 1.90 bits per heavy atom. The van der Waals surface area contributed by atoms with Crippen molar-refractivity contribution in [1.82, 2.24) is 14.9 Å². The van der Waals surface area contributed by atoms with E-state index in [0.29, 0.717) is 11.9 Å². The minimum absolute atomic E-state index is 0.00574. The molecule has 0 fully saturated rings. The predicted octanol–water partition coefficient (Wildman–Crippen LogP) is 6.08. The van der Waals surface area contributed by atoms with Crippen LogP contribution in [-0.2, 0) is 22.5 Å². The molecule has 0 saturated carbocycles. The van der Waals surface area contributed by atoms with Gasteiger partial charge in [-0.05, 0) is 91.2 Å². The molecule has 0 amide bonds. The number of benzene rings is 3. The fraction of sp³-hybridized carbons (Fsp3) is 0.324. The van der Waals surface area contributed by atoms with Crippen LogP contribution in [0.5, 0.6) is 0 Å². The average Bonchev–Trinajstić information content (AvgIpc) is 3.01. The number of rotatable bonds is 11. The zero-order valence-corrected chi connectivity index (χ0v) is 28.6. The number of ether oxygens (including phenoxy) is 1. The molecule has 0 spiro atoms. The second-order valence-electron chi connectivity index (χ2n) is 11.7. The average molecular weight is 719 g/mol. The number of halogens is 5. The third-order valence-electron chi connectivity index (χ3n) is 7.97. The second-order valence-corrected chi connectivity index (χ2v) is 13.1. The molecule has 3 aromatic carbocycles. The minimum atomic E-state index is -2.82. The van der Waals surface area contributed by atoms with Crippen molar-refractivity contribution in [2.45, 2.75) is 51.4 Å². The molecule has 1 aliphatic rings. The van der Waals surface area contributed by atoms with E-state index in [9.17, 15) is 26.9 Å². The van der Waals surface area contributed by atoms with Crippen LogP contribution in [0.3, 0.4) is 0 Å². The molecular formula is C34H35ClF4N6O3S. The first-order chi connectivity index (χ1) is 23.2. The molecule has 4 aromatic rings. The van der Waals surface area contributed by atoms with Gasteiger partial charge in [0.2, 0.25) is 0 Å². The number of nitrogens with zero attached hydrogens (tertiary/aromatic N) is 3. The van der Waals surface area contributed by atoms with Gasteiger partial charge in [0.15, 0.2) is 5.84 Å². The Balaban J connectivity index is 1.82. The van der Waals surface area contributed by atoms with Gasteiger partial charge in [-0.3, -0.25) is 9.36 Å². The third kappa shape index (κ3) is 8.27. The van der Waals surface area contributed by atoms with Gasteiger partial charge in [0.1, 0.15) is 23.7 Å². The highest BCUT2D eigenvalue weighted by atomic mass is 35.5. The Bertz CT molecular complexity index is 1970. The Morgan fingerprint density at radius 1 is 1.18 bits per heavy atom. The summed E-state index contributed by atoms with van der Waals surface area (Å²) in [6.45, 7) is 3.06. The first kappa shape index (κ1) is 36.3. The summed E-state index contributed by atoms with van der Waals surface area (Å²) in [7, 11) is 1.59. The molecule has 0 aliphatic carbocycles. The number of nitrogens with two attached hydrogens (primary N) is 1. The van der Waals surface area contributed by atoms with E-state index in [1.807, 2.05) is 26.0 Å². The van der Waals surface area contributed by atoms with Crippen molar-refractivity contribution < 1.29 is 26.9 Å². The molecule has 4 unspecified atom stereocenters. The molecule has 2 heterocycles. The lowest BCUT2D eigenvalue weighted by Crippen LogP contribution is -2.32. The van der Waals surface area contributed by atoms with Crippen LogP contribution in [0.15, 0.2) is 63.8 Å². The van der Waals surface area contributed by atoms with E-state index in [1.54, 1.807) is 19.2 Å². The SMILES string of the molecule is CNC(Cc1cc(F)cc(F)c1)c1nc2cc(C3=CC(C)OC(C)C3)ccc2c(=O)n1-c1ccc(Cl)c(C(N)=N[S+](C)[O-])c1NCC(F)F. The Labute approximate surface area is 288 Å². The number of hydrogen-bond donors (Lipinski definition) is 3. The van der Waals surface area contributed by atoms with Gasteiger partial charge in [0.05, 0.1) is 69.0 Å². The number of fused-ring (bicyclic) bond motifs is 1. The first-order valence-corrected chi connectivity index (χ1v) is 17.2. The lowest BCUT2D eigenvalue weighted by Gasteiger charge is -2.26. The van der Waals surface area contributed by atoms with E-state index in [-0.39, 0.29) is 63.2 Å². The topological polar surface area (TPSA) is 130 Å². The zero-order valence-electron chi connectivity index (χ0n) is 27.1. The molecule has 49 heavy (non-hydrogen) atoms. The summed E-state index contributed by atoms with van der Waals surface area (Å²) >= 11 is 4.72. The van der Waals surface area contributed by atoms with Crippen molar-refractivity contribution in [2.24, 2.45) is 10.1 Å². The van der Waals surface area contributed by atoms with Crippen LogP contribution in [0.4, 0.5) is 23.2 Å². The van der Waals surface area contributed by atoms with Crippen LogP contribution in [0, 0.1) is 11.6 Å². The van der Waals surface area contributed by atoms with Gasteiger partial charge < -0.3 is 25.7 Å². The monoisotopic (exact) mass is 718 g/mol. The lowest BCUT2D eigenvalue weighted by molar-refractivity contribution is 0.0304. The van der Waals surface area contributed by atoms with Crippen molar-refractivity contribution in [2.75, 3.05) is 25.2 Å². The molecule has 15 heteroatoms. The van der Waals surface area contributed by atoms with Gasteiger partial charge in [0.25, 0.3) is 12.0 Å². The maximum Gasteiger partial charge on any atom is 0.266 e. The minimum Gasteiger partial charge on any atom is -0.591 e. The number of likely N-dealkylation sites (N-methyl/N-ethyl adjacent to an activating group) is 1. The molecule has 0 radical (unpaired) electrons. The normalized spacial score (nSPS) is 18.1. The Hall–Kier alpha value is -3.95. The number of hydrogen-bond acceptors (Lipinski definition) is 7. The number of anilines is 1. The number of aromatic nitrogens is 2. The Morgan fingerprint density at radius 3 is 2.53 bits per heavy atom. The molecule has 0 saturated heterocycles. The first-order valence-electron chi connectivity index (χ1n) is 15.3. The van der Waals surface area contributed by atoms with E-state index in [0.717, 1.165) is 17.2 Å². The largest absolute Gasteiger partial charge is 0.591 e. The molecule has 4 N–H and O–H groups in total. The van der Waals surface area contributed by atoms with E-state index in [4.69, 9.17) is 27.1 Å². The van der Waals surface area contributed by atoms with Crippen LogP contribution in [0.1, 0.15) is 48.8 Å². The van der Waals surface area contributed by atoms with Gasteiger partial charge in [-0.25, -0.2) is 22.5 Å². The third-order valence-corrected chi connectivity index (χ3v) is 8.74. The number of amidine groups is 1. The lowest BCUT2D eigenvalue weighted by atomic mass is 9.95. The van der Waals surface area contributed by atoms with Gasteiger partial charge in [-0.2, -0.15) is 0 Å². The Kier molecular flexibility index (Phi) is 11.3. The molecule has 260 valence electrons. The maximum atomic E-state index is 14.6. The molecule has 9 nitrogen and oxygen atoms in total. The van der Waals surface area contributed by atoms with Gasteiger partial charge in [-0.15, -0.1) is 0 Å². The fourth-order valence-corrected chi connectivity index (χ4v) is 6.65. The number of nitrogens with one attached hydrogen (secondary N) is 2. The number of alkyl halides is 2. The standard InChI is InChI=1S/C34H35ClF4N6O3S/c1-17-9-21(10-18(2)48-17)20-5-6-24-26(14-20)43-33(27(41-3)13-19-11-22(36)15-23(37)12-19)45(34(24)46)28-8-7-25(35)30(32(40)44-49(4)47)31(28)42-16-29(38)39/h5-9,11-12,14-15,17-18,27,29,41-42H,10,13,16H2,1-4H3,(H2,40,44). The highest BCUT2D eigenvalue weighted by Gasteiger charge is 2.27. The van der Waals surface area contributed by atoms with Gasteiger partial charge in [-0.1, -0.05) is 23.7 Å². The van der Waals surface area contributed by atoms with E-state index >= 15 is 0 Å². The van der Waals surface area contributed by atoms with Crippen molar-refractivity contribution >= 4 is 51.0 Å². The summed E-state index contributed by atoms with van der Waals surface area (Å²) in [5.74, 6) is -1.77. The van der Waals surface area contributed by atoms with Crippen molar-refractivity contribution in [1.29, 1.82) is 0 Å². The zero-order chi connectivity index (χ0) is 35.6. The van der Waals surface area contributed by atoms with E-state index in [1.165, 1.54) is 35.1 Å². The van der Waals surface area contributed by atoms with Crippen LogP contribution < -0.4 is 21.9 Å². The predicted molar refractivity (Wildman–Crippen MR) is 186 cm³/mol. The summed E-state index contributed by atoms with van der Waals surface area (Å²) < 4.78 is 78.7. The summed E-state index contributed by atoms with van der Waals surface area (Å²) in [5, 5.41) is 5.93. The van der Waals surface area contributed by atoms with E-state index < -0.39 is 47.6 Å². The van der Waals surface area contributed by atoms with Crippen LogP contribution >= 0.6 is 11.6 Å². The quantitative estimate of drug-likeness (QED) is 0.0743. The smallest absolute Gasteiger partial charge is 0.266 e. The molecule has 4 atom stereocenters. The molecule has 5 rings (SSSR count). The van der Waals surface area contributed by atoms with Crippen LogP contribution in [0.25, 0.3) is 22.2 Å². The van der Waals surface area contributed by atoms with Crippen molar-refractivity contribution in [3.8, 4) is 5.69 Å². The molecule has 1 aliphatic heterocycles. The molecule has 1 aromatic heterocycles. The van der Waals surface area contributed by atoms with E-state index in [2.05, 4.69) is 15.0 Å². The van der Waals surface area contributed by atoms with Crippen molar-refractivity contribution in [3.63, 3.8) is 0 Å². The van der Waals surface area contributed by atoms with Gasteiger partial charge >= 0.3 is 0 Å². The molecule has 0 bridgehead atoms. The van der Waals surface area contributed by atoms with Crippen LogP contribution in [-0.4, -0.2) is 58.4 Å². The fourth-order valence-electron chi connectivity index (χ4n) is 6.03. The van der Waals surface area contributed by atoms with Crippen LogP contribution in [0.2, 0.25) is 5.02 Å². The summed E-state index contributed by atoms with van der Waals surface area (Å²) in [6.07, 6.45) is 0.934. The van der Waals surface area contributed by atoms with Gasteiger partial charge in [0, 0.05) is 6.07 Å². The summed E-state index contributed by atoms with van der Waals surface area (Å²) in [4.78, 5) is 19.5. The highest BCUT2D eigenvalue weighted by molar-refractivity contribution is 7.89.